The van der Waals surface area contributed by atoms with Gasteiger partial charge in [-0.2, -0.15) is 0 Å². The third-order valence-corrected chi connectivity index (χ3v) is 4.13. The Balaban J connectivity index is 0.000000307. The van der Waals surface area contributed by atoms with Gasteiger partial charge in [-0.05, 0) is 48.1 Å². The second kappa shape index (κ2) is 13.6. The summed E-state index contributed by atoms with van der Waals surface area (Å²) in [5.74, 6) is 0. The van der Waals surface area contributed by atoms with Crippen LogP contribution >= 0.6 is 0 Å². The molecule has 0 aliphatic heterocycles. The van der Waals surface area contributed by atoms with Crippen molar-refractivity contribution in [2.24, 2.45) is 0 Å². The summed E-state index contributed by atoms with van der Waals surface area (Å²) < 4.78 is 108. The van der Waals surface area contributed by atoms with Crippen molar-refractivity contribution in [2.75, 3.05) is 0 Å². The second-order valence-corrected chi connectivity index (χ2v) is 6.02. The molecule has 0 saturated carbocycles. The molecule has 0 unspecified atom stereocenters. The first-order valence-corrected chi connectivity index (χ1v) is 9.20. The summed E-state index contributed by atoms with van der Waals surface area (Å²) in [7, 11) is 0. The van der Waals surface area contributed by atoms with Crippen LogP contribution in [-0.2, 0) is 32.9 Å². The fourth-order valence-electron chi connectivity index (χ4n) is 2.81. The standard InChI is InChI=1S/2C14H15N.Ir/c2*1-2-7-12-8-3-4-9-13(12)14-10-5-6-11-15-14;/h2*3-6,8-11H,2,7H2,1H3;/q;;+3/i2*1D3,2D2,7D2;. The number of benzene rings is 2. The molecule has 3 heteroatoms. The van der Waals surface area contributed by atoms with Crippen LogP contribution in [0.4, 0.5) is 0 Å². The molecule has 2 heterocycles. The summed E-state index contributed by atoms with van der Waals surface area (Å²) in [6.07, 6.45) is -8.39. The van der Waals surface area contributed by atoms with Crippen molar-refractivity contribution in [3.63, 3.8) is 0 Å². The number of hydrogen-bond donors (Lipinski definition) is 0. The minimum absolute atomic E-state index is 0. The minimum atomic E-state index is -3.09. The smallest absolute Gasteiger partial charge is 0.256 e. The number of hydrogen-bond acceptors (Lipinski definition) is 2. The fraction of sp³-hybridized carbons (Fsp3) is 0.214. The van der Waals surface area contributed by atoms with Gasteiger partial charge >= 0.3 is 20.1 Å². The first kappa shape index (κ1) is 11.3. The van der Waals surface area contributed by atoms with E-state index in [1.807, 2.05) is 0 Å². The van der Waals surface area contributed by atoms with E-state index >= 15 is 0 Å². The maximum atomic E-state index is 8.12. The Morgan fingerprint density at radius 2 is 1.03 bits per heavy atom. The van der Waals surface area contributed by atoms with E-state index in [0.29, 0.717) is 22.5 Å². The summed E-state index contributed by atoms with van der Waals surface area (Å²) in [6, 6.07) is 22.7. The maximum Gasteiger partial charge on any atom is 3.00 e. The largest absolute Gasteiger partial charge is 3.00 e. The zero-order valence-electron chi connectivity index (χ0n) is 30.5. The SMILES string of the molecule is [2H]C([2H])([2H])C([2H])([2H])C([2H])([2H])c1ccccc1-c1ccccn1.[2H]C([2H])([2H])C([2H])([2H])C([2H])([2H])c1ccccc1-c1ccccn1.[Ir+3]. The van der Waals surface area contributed by atoms with Crippen LogP contribution in [0.2, 0.25) is 0 Å². The Morgan fingerprint density at radius 3 is 1.42 bits per heavy atom. The summed E-state index contributed by atoms with van der Waals surface area (Å²) >= 11 is 0. The van der Waals surface area contributed by atoms with Crippen LogP contribution in [0.25, 0.3) is 22.5 Å². The Hall–Kier alpha value is -2.61. The zero-order valence-corrected chi connectivity index (χ0v) is 18.9. The van der Waals surface area contributed by atoms with E-state index in [4.69, 9.17) is 19.2 Å². The molecule has 31 heavy (non-hydrogen) atoms. The van der Waals surface area contributed by atoms with E-state index in [0.717, 1.165) is 0 Å². The molecule has 0 amide bonds. The van der Waals surface area contributed by atoms with Crippen LogP contribution in [-0.4, -0.2) is 9.97 Å². The van der Waals surface area contributed by atoms with Crippen molar-refractivity contribution in [1.82, 2.24) is 9.97 Å². The fourth-order valence-corrected chi connectivity index (χ4v) is 2.81. The van der Waals surface area contributed by atoms with Gasteiger partial charge in [0.05, 0.1) is 11.4 Å². The van der Waals surface area contributed by atoms with E-state index in [1.54, 1.807) is 85.2 Å². The van der Waals surface area contributed by atoms with Crippen LogP contribution in [0.3, 0.4) is 0 Å². The molecule has 2 aromatic carbocycles. The molecule has 4 aromatic rings. The molecule has 4 rings (SSSR count). The van der Waals surface area contributed by atoms with Crippen LogP contribution in [0.1, 0.15) is 56.8 Å². The number of aryl methyl sites for hydroxylation is 2. The van der Waals surface area contributed by atoms with Gasteiger partial charge in [0.25, 0.3) is 0 Å². The minimum Gasteiger partial charge on any atom is -0.256 e. The second-order valence-electron chi connectivity index (χ2n) is 6.02. The van der Waals surface area contributed by atoms with Crippen molar-refractivity contribution >= 4 is 0 Å². The number of rotatable bonds is 6. The average Bonchev–Trinajstić information content (AvgIpc) is 2.97. The Bertz CT molecular complexity index is 1420. The van der Waals surface area contributed by atoms with Crippen molar-refractivity contribution < 1.29 is 39.3 Å². The molecule has 0 bridgehead atoms. The summed E-state index contributed by atoms with van der Waals surface area (Å²) in [5.41, 5.74) is 1.61. The van der Waals surface area contributed by atoms with Crippen LogP contribution in [0.15, 0.2) is 97.3 Å². The van der Waals surface area contributed by atoms with E-state index in [-0.39, 0.29) is 31.2 Å². The van der Waals surface area contributed by atoms with E-state index < -0.39 is 39.2 Å². The first-order chi connectivity index (χ1) is 20.2. The van der Waals surface area contributed by atoms with E-state index in [2.05, 4.69) is 9.97 Å². The average molecular weight is 601 g/mol. The van der Waals surface area contributed by atoms with Gasteiger partial charge in [-0.15, -0.1) is 0 Å². The molecule has 0 fully saturated rings. The van der Waals surface area contributed by atoms with Crippen molar-refractivity contribution in [3.05, 3.63) is 108 Å². The van der Waals surface area contributed by atoms with Gasteiger partial charge in [0.15, 0.2) is 0 Å². The molecule has 0 spiro atoms. The monoisotopic (exact) mass is 601 g/mol. The maximum absolute atomic E-state index is 8.12. The quantitative estimate of drug-likeness (QED) is 0.231. The Morgan fingerprint density at radius 1 is 0.613 bits per heavy atom. The summed E-state index contributed by atoms with van der Waals surface area (Å²) in [4.78, 5) is 8.28. The summed E-state index contributed by atoms with van der Waals surface area (Å²) in [5, 5.41) is 0. The van der Waals surface area contributed by atoms with Gasteiger partial charge < -0.3 is 0 Å². The van der Waals surface area contributed by atoms with Gasteiger partial charge in [0.2, 0.25) is 0 Å². The molecule has 0 aliphatic carbocycles. The van der Waals surface area contributed by atoms with E-state index in [1.165, 1.54) is 12.1 Å². The van der Waals surface area contributed by atoms with Crippen molar-refractivity contribution in [2.45, 2.75) is 39.2 Å². The molecule has 2 nitrogen and oxygen atoms in total. The van der Waals surface area contributed by atoms with Gasteiger partial charge in [-0.25, -0.2) is 0 Å². The van der Waals surface area contributed by atoms with E-state index in [9.17, 15) is 0 Å². The van der Waals surface area contributed by atoms with Crippen LogP contribution in [0, 0.1) is 0 Å². The third kappa shape index (κ3) is 7.24. The molecule has 0 saturated heterocycles. The molecule has 0 radical (unpaired) electrons. The zero-order chi connectivity index (χ0) is 33.2. The first-order valence-electron chi connectivity index (χ1n) is 16.2. The molecule has 0 aliphatic rings. The predicted molar refractivity (Wildman–Crippen MR) is 127 cm³/mol. The van der Waals surface area contributed by atoms with Crippen molar-refractivity contribution in [1.29, 1.82) is 0 Å². The number of nitrogens with zero attached hydrogens (tertiary/aromatic N) is 2. The Kier molecular flexibility index (Phi) is 4.98. The normalized spacial score (nSPS) is 19.2. The molecule has 158 valence electrons. The van der Waals surface area contributed by atoms with Crippen molar-refractivity contribution in [3.8, 4) is 22.5 Å². The Labute approximate surface area is 219 Å². The van der Waals surface area contributed by atoms with Gasteiger partial charge in [0.1, 0.15) is 0 Å². The van der Waals surface area contributed by atoms with Crippen LogP contribution in [0.5, 0.6) is 0 Å². The van der Waals surface area contributed by atoms with Crippen LogP contribution < -0.4 is 0 Å². The predicted octanol–water partition coefficient (Wildman–Crippen LogP) is 7.40. The molecular formula is C28H30IrN2+3. The molecule has 0 atom stereocenters. The molecular weight excluding hydrogens is 557 g/mol. The van der Waals surface area contributed by atoms with Gasteiger partial charge in [-0.1, -0.05) is 87.1 Å². The van der Waals surface area contributed by atoms with Gasteiger partial charge in [-0.3, -0.25) is 9.97 Å². The molecule has 0 N–H and O–H groups in total. The summed E-state index contributed by atoms with van der Waals surface area (Å²) in [6.45, 7) is -6.18. The number of aromatic nitrogens is 2. The van der Waals surface area contributed by atoms with Gasteiger partial charge in [0, 0.05) is 42.7 Å². The topological polar surface area (TPSA) is 25.8 Å². The third-order valence-electron chi connectivity index (χ3n) is 4.13. The molecule has 2 aromatic heterocycles. The number of pyridine rings is 2.